The summed E-state index contributed by atoms with van der Waals surface area (Å²) in [6.45, 7) is 14.2. The Morgan fingerprint density at radius 1 is 1.14 bits per heavy atom. The molecule has 0 spiro atoms. The summed E-state index contributed by atoms with van der Waals surface area (Å²) in [5.41, 5.74) is 4.98. The number of benzene rings is 1. The Hall–Kier alpha value is -1.95. The molecule has 1 aliphatic heterocycles. The van der Waals surface area contributed by atoms with E-state index in [4.69, 9.17) is 9.97 Å². The molecule has 0 bridgehead atoms. The van der Waals surface area contributed by atoms with Crippen LogP contribution in [0, 0.1) is 20.8 Å². The molecule has 0 amide bonds. The molecular formula is C23H31BrN4O. The summed E-state index contributed by atoms with van der Waals surface area (Å²) in [6.07, 6.45) is 2.24. The zero-order chi connectivity index (χ0) is 21.3. The second-order valence-corrected chi connectivity index (χ2v) is 8.86. The lowest BCUT2D eigenvalue weighted by atomic mass is 9.80. The standard InChI is InChI=1S/C23H31BrN4O/c1-7-9-10-28(8-2)23-21-20(26-16(6)27-23)19(22(29)15(5)25-21)18-13(3)11-17(24)12-14(18)4/h11-12,15,19,25H,7-10H2,1-6H3. The highest BCUT2D eigenvalue weighted by atomic mass is 79.9. The van der Waals surface area contributed by atoms with Crippen LogP contribution < -0.4 is 10.2 Å². The van der Waals surface area contributed by atoms with Gasteiger partial charge in [-0.2, -0.15) is 0 Å². The maximum atomic E-state index is 13.4. The monoisotopic (exact) mass is 458 g/mol. The van der Waals surface area contributed by atoms with Crippen molar-refractivity contribution in [3.8, 4) is 0 Å². The Bertz CT molecular complexity index is 904. The lowest BCUT2D eigenvalue weighted by Gasteiger charge is -2.34. The number of Topliss-reactive ketones (excluding diaryl/α,β-unsaturated/α-hetero) is 1. The number of aryl methyl sites for hydroxylation is 3. The molecule has 5 nitrogen and oxygen atoms in total. The first-order valence-corrected chi connectivity index (χ1v) is 11.3. The molecule has 6 heteroatoms. The van der Waals surface area contributed by atoms with Gasteiger partial charge in [-0.25, -0.2) is 9.97 Å². The summed E-state index contributed by atoms with van der Waals surface area (Å²) in [6, 6.07) is 3.87. The lowest BCUT2D eigenvalue weighted by Crippen LogP contribution is -2.40. The van der Waals surface area contributed by atoms with Gasteiger partial charge < -0.3 is 10.2 Å². The molecule has 0 fully saturated rings. The highest BCUT2D eigenvalue weighted by Crippen LogP contribution is 2.42. The van der Waals surface area contributed by atoms with Crippen LogP contribution in [0.5, 0.6) is 0 Å². The Morgan fingerprint density at radius 3 is 2.38 bits per heavy atom. The van der Waals surface area contributed by atoms with Crippen molar-refractivity contribution >= 4 is 33.2 Å². The maximum absolute atomic E-state index is 13.4. The van der Waals surface area contributed by atoms with E-state index in [1.165, 1.54) is 0 Å². The van der Waals surface area contributed by atoms with Gasteiger partial charge in [0.05, 0.1) is 17.7 Å². The van der Waals surface area contributed by atoms with E-state index in [1.54, 1.807) is 0 Å². The number of carbonyl (C=O) groups is 1. The van der Waals surface area contributed by atoms with E-state index < -0.39 is 0 Å². The molecule has 1 N–H and O–H groups in total. The summed E-state index contributed by atoms with van der Waals surface area (Å²) in [7, 11) is 0. The van der Waals surface area contributed by atoms with E-state index in [1.807, 2.05) is 13.8 Å². The minimum Gasteiger partial charge on any atom is -0.371 e. The van der Waals surface area contributed by atoms with Crippen LogP contribution in [0.1, 0.15) is 67.7 Å². The number of nitrogens with one attached hydrogen (secondary N) is 1. The zero-order valence-electron chi connectivity index (χ0n) is 18.3. The fourth-order valence-electron chi connectivity index (χ4n) is 4.25. The van der Waals surface area contributed by atoms with Gasteiger partial charge in [-0.05, 0) is 69.9 Å². The third kappa shape index (κ3) is 4.18. The van der Waals surface area contributed by atoms with E-state index in [9.17, 15) is 4.79 Å². The normalized spacial score (nSPS) is 18.4. The van der Waals surface area contributed by atoms with E-state index in [-0.39, 0.29) is 17.7 Å². The summed E-state index contributed by atoms with van der Waals surface area (Å²) >= 11 is 3.58. The van der Waals surface area contributed by atoms with Crippen LogP contribution >= 0.6 is 15.9 Å². The molecule has 29 heavy (non-hydrogen) atoms. The molecule has 0 aliphatic carbocycles. The molecule has 0 radical (unpaired) electrons. The van der Waals surface area contributed by atoms with E-state index in [2.05, 4.69) is 66.0 Å². The molecule has 0 saturated carbocycles. The Balaban J connectivity index is 2.23. The van der Waals surface area contributed by atoms with Gasteiger partial charge in [0, 0.05) is 17.6 Å². The number of carbonyl (C=O) groups excluding carboxylic acids is 1. The number of hydrogen-bond acceptors (Lipinski definition) is 5. The number of halogens is 1. The van der Waals surface area contributed by atoms with Crippen LogP contribution in [-0.2, 0) is 4.79 Å². The number of hydrogen-bond donors (Lipinski definition) is 1. The topological polar surface area (TPSA) is 58.1 Å². The molecule has 3 rings (SSSR count). The summed E-state index contributed by atoms with van der Waals surface area (Å²) in [5.74, 6) is 1.40. The SMILES string of the molecule is CCCCN(CC)c1nc(C)nc2c1NC(C)C(=O)C2c1c(C)cc(Br)cc1C. The minimum absolute atomic E-state index is 0.159. The second kappa shape index (κ2) is 8.82. The average molecular weight is 459 g/mol. The van der Waals surface area contributed by atoms with E-state index in [0.717, 1.165) is 64.3 Å². The molecule has 156 valence electrons. The van der Waals surface area contributed by atoms with Crippen molar-refractivity contribution < 1.29 is 4.79 Å². The van der Waals surface area contributed by atoms with Crippen LogP contribution in [-0.4, -0.2) is 34.9 Å². The smallest absolute Gasteiger partial charge is 0.168 e. The number of rotatable bonds is 6. The summed E-state index contributed by atoms with van der Waals surface area (Å²) < 4.78 is 1.03. The van der Waals surface area contributed by atoms with E-state index in [0.29, 0.717) is 5.82 Å². The average Bonchev–Trinajstić information content (AvgIpc) is 2.65. The second-order valence-electron chi connectivity index (χ2n) is 7.94. The van der Waals surface area contributed by atoms with Gasteiger partial charge in [0.1, 0.15) is 11.5 Å². The molecule has 0 saturated heterocycles. The van der Waals surface area contributed by atoms with Gasteiger partial charge >= 0.3 is 0 Å². The number of nitrogens with zero attached hydrogens (tertiary/aromatic N) is 3. The predicted octanol–water partition coefficient (Wildman–Crippen LogP) is 5.31. The molecule has 2 heterocycles. The molecule has 2 unspecified atom stereocenters. The van der Waals surface area contributed by atoms with Gasteiger partial charge in [-0.15, -0.1) is 0 Å². The van der Waals surface area contributed by atoms with E-state index >= 15 is 0 Å². The van der Waals surface area contributed by atoms with Crippen molar-refractivity contribution in [2.75, 3.05) is 23.3 Å². The lowest BCUT2D eigenvalue weighted by molar-refractivity contribution is -0.120. The number of unbranched alkanes of at least 4 members (excludes halogenated alkanes) is 1. The van der Waals surface area contributed by atoms with Gasteiger partial charge in [0.2, 0.25) is 0 Å². The van der Waals surface area contributed by atoms with Crippen LogP contribution in [0.3, 0.4) is 0 Å². The van der Waals surface area contributed by atoms with Crippen LogP contribution in [0.25, 0.3) is 0 Å². The first kappa shape index (κ1) is 21.8. The number of ketones is 1. The van der Waals surface area contributed by atoms with Crippen molar-refractivity contribution in [2.45, 2.75) is 66.3 Å². The molecular weight excluding hydrogens is 428 g/mol. The van der Waals surface area contributed by atoms with Crippen molar-refractivity contribution in [1.82, 2.24) is 9.97 Å². The quantitative estimate of drug-likeness (QED) is 0.635. The van der Waals surface area contributed by atoms with Crippen molar-refractivity contribution in [1.29, 1.82) is 0 Å². The Kier molecular flexibility index (Phi) is 6.62. The third-order valence-corrected chi connectivity index (χ3v) is 6.14. The zero-order valence-corrected chi connectivity index (χ0v) is 19.9. The van der Waals surface area contributed by atoms with Crippen molar-refractivity contribution in [2.24, 2.45) is 0 Å². The maximum Gasteiger partial charge on any atom is 0.168 e. The number of fused-ring (bicyclic) bond motifs is 1. The van der Waals surface area contributed by atoms with Crippen LogP contribution in [0.4, 0.5) is 11.5 Å². The largest absolute Gasteiger partial charge is 0.371 e. The Labute approximate surface area is 182 Å². The molecule has 2 aromatic rings. The van der Waals surface area contributed by atoms with Gasteiger partial charge in [0.25, 0.3) is 0 Å². The molecule has 1 aliphatic rings. The summed E-state index contributed by atoms with van der Waals surface area (Å²) in [4.78, 5) is 25.2. The van der Waals surface area contributed by atoms with Crippen LogP contribution in [0.15, 0.2) is 16.6 Å². The highest BCUT2D eigenvalue weighted by molar-refractivity contribution is 9.10. The van der Waals surface area contributed by atoms with Crippen LogP contribution in [0.2, 0.25) is 0 Å². The fourth-order valence-corrected chi connectivity index (χ4v) is 4.93. The van der Waals surface area contributed by atoms with Crippen molar-refractivity contribution in [3.63, 3.8) is 0 Å². The van der Waals surface area contributed by atoms with Gasteiger partial charge in [-0.1, -0.05) is 29.3 Å². The predicted molar refractivity (Wildman–Crippen MR) is 123 cm³/mol. The first-order chi connectivity index (χ1) is 13.8. The Morgan fingerprint density at radius 2 is 1.79 bits per heavy atom. The first-order valence-electron chi connectivity index (χ1n) is 10.5. The molecule has 2 atom stereocenters. The third-order valence-electron chi connectivity index (χ3n) is 5.69. The minimum atomic E-state index is -0.375. The fraction of sp³-hybridized carbons (Fsp3) is 0.522. The van der Waals surface area contributed by atoms with Crippen molar-refractivity contribution in [3.05, 3.63) is 44.8 Å². The number of anilines is 2. The molecule has 1 aromatic heterocycles. The number of aromatic nitrogens is 2. The van der Waals surface area contributed by atoms with Gasteiger partial charge in [0.15, 0.2) is 11.6 Å². The van der Waals surface area contributed by atoms with Gasteiger partial charge in [-0.3, -0.25) is 4.79 Å². The highest BCUT2D eigenvalue weighted by Gasteiger charge is 2.39. The molecule has 1 aromatic carbocycles. The summed E-state index contributed by atoms with van der Waals surface area (Å²) in [5, 5.41) is 3.42.